The molecule has 0 saturated carbocycles. The van der Waals surface area contributed by atoms with Gasteiger partial charge in [-0.05, 0) is 42.8 Å². The van der Waals surface area contributed by atoms with Gasteiger partial charge in [0.25, 0.3) is 0 Å². The van der Waals surface area contributed by atoms with Crippen LogP contribution in [-0.4, -0.2) is 30.2 Å². The molecule has 0 unspecified atom stereocenters. The second kappa shape index (κ2) is 8.12. The maximum Gasteiger partial charge on any atom is 0.192 e. The van der Waals surface area contributed by atoms with Crippen molar-refractivity contribution in [2.45, 2.75) is 30.4 Å². The minimum absolute atomic E-state index is 0.718. The first-order valence-electron chi connectivity index (χ1n) is 6.94. The average Bonchev–Trinajstić information content (AvgIpc) is 2.48. The molecule has 0 spiro atoms. The Kier molecular flexibility index (Phi) is 6.17. The van der Waals surface area contributed by atoms with E-state index in [1.54, 1.807) is 18.9 Å². The minimum Gasteiger partial charge on any atom is -0.383 e. The average molecular weight is 303 g/mol. The highest BCUT2D eigenvalue weighted by molar-refractivity contribution is 7.99. The van der Waals surface area contributed by atoms with Crippen molar-refractivity contribution in [1.29, 1.82) is 0 Å². The van der Waals surface area contributed by atoms with Crippen LogP contribution < -0.4 is 5.32 Å². The molecule has 0 atom stereocenters. The molecule has 5 heteroatoms. The van der Waals surface area contributed by atoms with Crippen LogP contribution in [-0.2, 0) is 11.3 Å². The van der Waals surface area contributed by atoms with E-state index >= 15 is 0 Å². The molecule has 0 aliphatic heterocycles. The van der Waals surface area contributed by atoms with Gasteiger partial charge in [0.15, 0.2) is 5.16 Å². The molecule has 2 rings (SSSR count). The zero-order valence-corrected chi connectivity index (χ0v) is 13.5. The van der Waals surface area contributed by atoms with Gasteiger partial charge >= 0.3 is 0 Å². The molecule has 112 valence electrons. The molecular weight excluding hydrogens is 282 g/mol. The van der Waals surface area contributed by atoms with E-state index in [0.717, 1.165) is 30.4 Å². The Morgan fingerprint density at radius 3 is 2.62 bits per heavy atom. The largest absolute Gasteiger partial charge is 0.383 e. The van der Waals surface area contributed by atoms with Crippen LogP contribution in [0.4, 0.5) is 0 Å². The Morgan fingerprint density at radius 2 is 1.90 bits per heavy atom. The maximum atomic E-state index is 5.05. The van der Waals surface area contributed by atoms with E-state index in [4.69, 9.17) is 4.74 Å². The van der Waals surface area contributed by atoms with Crippen LogP contribution in [0.1, 0.15) is 16.7 Å². The highest BCUT2D eigenvalue weighted by Crippen LogP contribution is 2.28. The van der Waals surface area contributed by atoms with Gasteiger partial charge in [0, 0.05) is 37.5 Å². The molecule has 0 aliphatic rings. The monoisotopic (exact) mass is 303 g/mol. The van der Waals surface area contributed by atoms with Gasteiger partial charge in [-0.3, -0.25) is 0 Å². The molecular formula is C16H21N3OS. The van der Waals surface area contributed by atoms with Crippen molar-refractivity contribution in [3.63, 3.8) is 0 Å². The Hall–Kier alpha value is -1.43. The zero-order valence-electron chi connectivity index (χ0n) is 12.7. The Balaban J connectivity index is 2.08. The summed E-state index contributed by atoms with van der Waals surface area (Å²) in [6.07, 6.45) is 3.69. The third kappa shape index (κ3) is 5.12. The lowest BCUT2D eigenvalue weighted by atomic mass is 10.1. The van der Waals surface area contributed by atoms with E-state index in [1.165, 1.54) is 16.0 Å². The summed E-state index contributed by atoms with van der Waals surface area (Å²) < 4.78 is 5.05. The summed E-state index contributed by atoms with van der Waals surface area (Å²) in [6, 6.07) is 6.46. The summed E-state index contributed by atoms with van der Waals surface area (Å²) in [4.78, 5) is 9.91. The van der Waals surface area contributed by atoms with E-state index in [1.807, 2.05) is 19.3 Å². The number of methoxy groups -OCH3 is 1. The first kappa shape index (κ1) is 15.9. The van der Waals surface area contributed by atoms with Crippen LogP contribution in [0.25, 0.3) is 0 Å². The molecule has 0 bridgehead atoms. The fraction of sp³-hybridized carbons (Fsp3) is 0.375. The summed E-state index contributed by atoms with van der Waals surface area (Å²) in [5.74, 6) is 0. The van der Waals surface area contributed by atoms with E-state index in [2.05, 4.69) is 40.4 Å². The molecule has 1 N–H and O–H groups in total. The third-order valence-corrected chi connectivity index (χ3v) is 3.98. The summed E-state index contributed by atoms with van der Waals surface area (Å²) >= 11 is 1.60. The van der Waals surface area contributed by atoms with Crippen molar-refractivity contribution < 1.29 is 4.74 Å². The van der Waals surface area contributed by atoms with Gasteiger partial charge in [-0.15, -0.1) is 0 Å². The first-order chi connectivity index (χ1) is 10.2. The number of hydrogen-bond acceptors (Lipinski definition) is 5. The van der Waals surface area contributed by atoms with E-state index < -0.39 is 0 Å². The molecule has 21 heavy (non-hydrogen) atoms. The number of hydrogen-bond donors (Lipinski definition) is 1. The molecule has 4 nitrogen and oxygen atoms in total. The molecule has 0 fully saturated rings. The van der Waals surface area contributed by atoms with E-state index in [-0.39, 0.29) is 0 Å². The lowest BCUT2D eigenvalue weighted by molar-refractivity contribution is 0.199. The molecule has 0 radical (unpaired) electrons. The lowest BCUT2D eigenvalue weighted by Gasteiger charge is -2.11. The molecule has 2 aromatic rings. The second-order valence-electron chi connectivity index (χ2n) is 4.93. The fourth-order valence-corrected chi connectivity index (χ4v) is 2.68. The smallest absolute Gasteiger partial charge is 0.192 e. The second-order valence-corrected chi connectivity index (χ2v) is 5.93. The van der Waals surface area contributed by atoms with Crippen molar-refractivity contribution in [3.8, 4) is 0 Å². The third-order valence-electron chi connectivity index (χ3n) is 2.97. The summed E-state index contributed by atoms with van der Waals surface area (Å²) in [6.45, 7) is 6.48. The molecule has 0 aliphatic carbocycles. The summed E-state index contributed by atoms with van der Waals surface area (Å²) in [5.41, 5.74) is 3.60. The van der Waals surface area contributed by atoms with Gasteiger partial charge in [0.2, 0.25) is 0 Å². The number of benzene rings is 1. The summed E-state index contributed by atoms with van der Waals surface area (Å²) in [7, 11) is 1.71. The van der Waals surface area contributed by atoms with Gasteiger partial charge in [-0.1, -0.05) is 17.7 Å². The number of nitrogens with zero attached hydrogens (tertiary/aromatic N) is 2. The normalized spacial score (nSPS) is 10.8. The van der Waals surface area contributed by atoms with Crippen molar-refractivity contribution in [2.75, 3.05) is 20.3 Å². The number of aryl methyl sites for hydroxylation is 2. The van der Waals surface area contributed by atoms with Crippen LogP contribution in [0.2, 0.25) is 0 Å². The van der Waals surface area contributed by atoms with Gasteiger partial charge in [0.05, 0.1) is 6.61 Å². The lowest BCUT2D eigenvalue weighted by Crippen LogP contribution is -2.19. The Bertz CT molecular complexity index is 572. The molecule has 0 amide bonds. The summed E-state index contributed by atoms with van der Waals surface area (Å²) in [5, 5.41) is 4.17. The van der Waals surface area contributed by atoms with Crippen LogP contribution >= 0.6 is 11.8 Å². The molecule has 1 heterocycles. The number of rotatable bonds is 7. The minimum atomic E-state index is 0.718. The van der Waals surface area contributed by atoms with Gasteiger partial charge in [-0.25, -0.2) is 9.97 Å². The highest BCUT2D eigenvalue weighted by Gasteiger charge is 2.07. The topological polar surface area (TPSA) is 47.0 Å². The van der Waals surface area contributed by atoms with Gasteiger partial charge < -0.3 is 10.1 Å². The van der Waals surface area contributed by atoms with Gasteiger partial charge in [0.1, 0.15) is 0 Å². The maximum absolute atomic E-state index is 5.05. The Labute approximate surface area is 130 Å². The molecule has 1 aromatic carbocycles. The molecule has 0 saturated heterocycles. The Morgan fingerprint density at radius 1 is 1.14 bits per heavy atom. The van der Waals surface area contributed by atoms with Crippen LogP contribution in [0.3, 0.4) is 0 Å². The standard InChI is InChI=1S/C16H21N3OS/c1-12-4-5-15(14(8-12)11-17-6-7-20-3)21-16-18-9-13(2)10-19-16/h4-5,8-10,17H,6-7,11H2,1-3H3. The predicted molar refractivity (Wildman–Crippen MR) is 85.7 cm³/mol. The zero-order chi connectivity index (χ0) is 15.1. The van der Waals surface area contributed by atoms with Crippen LogP contribution in [0.5, 0.6) is 0 Å². The fourth-order valence-electron chi connectivity index (χ4n) is 1.88. The van der Waals surface area contributed by atoms with Crippen LogP contribution in [0.15, 0.2) is 40.6 Å². The van der Waals surface area contributed by atoms with Crippen molar-refractivity contribution in [1.82, 2.24) is 15.3 Å². The first-order valence-corrected chi connectivity index (χ1v) is 7.76. The molecule has 1 aromatic heterocycles. The number of ether oxygens (including phenoxy) is 1. The van der Waals surface area contributed by atoms with E-state index in [9.17, 15) is 0 Å². The van der Waals surface area contributed by atoms with Crippen molar-refractivity contribution >= 4 is 11.8 Å². The number of nitrogens with one attached hydrogen (secondary N) is 1. The SMILES string of the molecule is COCCNCc1cc(C)ccc1Sc1ncc(C)cn1. The van der Waals surface area contributed by atoms with Crippen LogP contribution in [0, 0.1) is 13.8 Å². The number of aromatic nitrogens is 2. The van der Waals surface area contributed by atoms with Crippen molar-refractivity contribution in [3.05, 3.63) is 47.3 Å². The highest BCUT2D eigenvalue weighted by atomic mass is 32.2. The van der Waals surface area contributed by atoms with Gasteiger partial charge in [-0.2, -0.15) is 0 Å². The quantitative estimate of drug-likeness (QED) is 0.629. The van der Waals surface area contributed by atoms with E-state index in [0.29, 0.717) is 0 Å². The van der Waals surface area contributed by atoms with Crippen molar-refractivity contribution in [2.24, 2.45) is 0 Å². The predicted octanol–water partition coefficient (Wildman–Crippen LogP) is 2.98.